The molecule has 5 heteroatoms. The molecular formula is C11H19NO3S. The molecule has 0 aromatic heterocycles. The zero-order valence-corrected chi connectivity index (χ0v) is 11.3. The smallest absolute Gasteiger partial charge is 0.332 e. The second-order valence-electron chi connectivity index (χ2n) is 5.31. The number of esters is 1. The molecule has 1 aliphatic rings. The second kappa shape index (κ2) is 4.28. The van der Waals surface area contributed by atoms with Gasteiger partial charge in [-0.25, -0.2) is 4.79 Å². The van der Waals surface area contributed by atoms with Gasteiger partial charge in [0.05, 0.1) is 12.5 Å². The first kappa shape index (κ1) is 13.4. The van der Waals surface area contributed by atoms with E-state index >= 15 is 0 Å². The van der Waals surface area contributed by atoms with Crippen molar-refractivity contribution in [3.05, 3.63) is 0 Å². The lowest BCUT2D eigenvalue weighted by atomic mass is 9.92. The molecule has 16 heavy (non-hydrogen) atoms. The second-order valence-corrected chi connectivity index (χ2v) is 6.38. The maximum atomic E-state index is 11.7. The fourth-order valence-corrected chi connectivity index (χ4v) is 3.57. The van der Waals surface area contributed by atoms with Crippen molar-refractivity contribution < 1.29 is 14.3 Å². The van der Waals surface area contributed by atoms with E-state index < -0.39 is 5.54 Å². The third-order valence-corrected chi connectivity index (χ3v) is 4.80. The summed E-state index contributed by atoms with van der Waals surface area (Å²) in [6.45, 7) is 7.94. The Morgan fingerprint density at radius 2 is 2.12 bits per heavy atom. The first-order valence-electron chi connectivity index (χ1n) is 5.21. The van der Waals surface area contributed by atoms with Gasteiger partial charge >= 0.3 is 5.97 Å². The number of amides is 1. The van der Waals surface area contributed by atoms with Crippen molar-refractivity contribution in [2.75, 3.05) is 12.9 Å². The van der Waals surface area contributed by atoms with Gasteiger partial charge in [0.15, 0.2) is 0 Å². The number of carbonyl (C=O) groups is 2. The number of methoxy groups -OCH3 is 1. The average molecular weight is 245 g/mol. The molecule has 1 amide bonds. The SMILES string of the molecule is COC(=O)[C@]1(C)CSC(C(C)(C)C)N1C=O. The molecular weight excluding hydrogens is 226 g/mol. The van der Waals surface area contributed by atoms with E-state index in [1.165, 1.54) is 7.11 Å². The molecule has 0 spiro atoms. The highest BCUT2D eigenvalue weighted by atomic mass is 32.2. The normalized spacial score (nSPS) is 30.3. The van der Waals surface area contributed by atoms with Gasteiger partial charge in [0.1, 0.15) is 5.54 Å². The lowest BCUT2D eigenvalue weighted by molar-refractivity contribution is -0.156. The summed E-state index contributed by atoms with van der Waals surface area (Å²) in [5.74, 6) is 0.235. The molecule has 1 aliphatic heterocycles. The number of ether oxygens (including phenoxy) is 1. The fraction of sp³-hybridized carbons (Fsp3) is 0.818. The van der Waals surface area contributed by atoms with Gasteiger partial charge in [-0.3, -0.25) is 4.79 Å². The van der Waals surface area contributed by atoms with Crippen molar-refractivity contribution in [3.8, 4) is 0 Å². The van der Waals surface area contributed by atoms with Gasteiger partial charge in [0, 0.05) is 5.75 Å². The van der Waals surface area contributed by atoms with Gasteiger partial charge in [0.2, 0.25) is 6.41 Å². The van der Waals surface area contributed by atoms with Crippen LogP contribution in [0.4, 0.5) is 0 Å². The van der Waals surface area contributed by atoms with Crippen molar-refractivity contribution in [2.45, 2.75) is 38.6 Å². The van der Waals surface area contributed by atoms with Crippen molar-refractivity contribution in [3.63, 3.8) is 0 Å². The molecule has 0 bridgehead atoms. The van der Waals surface area contributed by atoms with Crippen LogP contribution in [0.1, 0.15) is 27.7 Å². The summed E-state index contributed by atoms with van der Waals surface area (Å²) >= 11 is 1.63. The predicted octanol–water partition coefficient (Wildman–Crippen LogP) is 1.50. The first-order chi connectivity index (χ1) is 7.27. The van der Waals surface area contributed by atoms with Gasteiger partial charge in [-0.1, -0.05) is 20.8 Å². The van der Waals surface area contributed by atoms with Crippen LogP contribution in [0.5, 0.6) is 0 Å². The highest BCUT2D eigenvalue weighted by molar-refractivity contribution is 8.00. The fourth-order valence-electron chi connectivity index (χ4n) is 1.88. The molecule has 0 saturated carbocycles. The summed E-state index contributed by atoms with van der Waals surface area (Å²) in [4.78, 5) is 24.5. The van der Waals surface area contributed by atoms with Crippen molar-refractivity contribution >= 4 is 24.1 Å². The predicted molar refractivity (Wildman–Crippen MR) is 64.0 cm³/mol. The molecule has 0 aromatic rings. The Hall–Kier alpha value is -0.710. The largest absolute Gasteiger partial charge is 0.467 e. The molecule has 92 valence electrons. The standard InChI is InChI=1S/C11H19NO3S/c1-10(2,3)8-12(7-13)11(4,6-16-8)9(14)15-5/h7-8H,6H2,1-5H3/t8?,11-/m0/s1. The van der Waals surface area contributed by atoms with E-state index in [1.54, 1.807) is 23.6 Å². The minimum Gasteiger partial charge on any atom is -0.467 e. The van der Waals surface area contributed by atoms with Crippen LogP contribution in [-0.4, -0.2) is 41.1 Å². The van der Waals surface area contributed by atoms with E-state index in [4.69, 9.17) is 4.74 Å². The van der Waals surface area contributed by atoms with Gasteiger partial charge in [-0.05, 0) is 12.3 Å². The Kier molecular flexibility index (Phi) is 3.57. The van der Waals surface area contributed by atoms with Gasteiger partial charge < -0.3 is 9.64 Å². The van der Waals surface area contributed by atoms with Crippen molar-refractivity contribution in [1.82, 2.24) is 4.90 Å². The Bertz CT molecular complexity index is 300. The molecule has 0 aliphatic carbocycles. The van der Waals surface area contributed by atoms with Gasteiger partial charge in [0.25, 0.3) is 0 Å². The zero-order chi connectivity index (χ0) is 12.6. The monoisotopic (exact) mass is 245 g/mol. The number of hydrogen-bond acceptors (Lipinski definition) is 4. The van der Waals surface area contributed by atoms with Gasteiger partial charge in [-0.15, -0.1) is 11.8 Å². The van der Waals surface area contributed by atoms with E-state index in [2.05, 4.69) is 20.8 Å². The summed E-state index contributed by atoms with van der Waals surface area (Å²) in [5.41, 5.74) is -0.892. The van der Waals surface area contributed by atoms with Crippen LogP contribution in [0, 0.1) is 5.41 Å². The molecule has 2 atom stereocenters. The highest BCUT2D eigenvalue weighted by Crippen LogP contribution is 2.44. The number of nitrogens with zero attached hydrogens (tertiary/aromatic N) is 1. The third-order valence-electron chi connectivity index (χ3n) is 2.82. The molecule has 4 nitrogen and oxygen atoms in total. The lowest BCUT2D eigenvalue weighted by Gasteiger charge is -2.37. The quantitative estimate of drug-likeness (QED) is 0.546. The van der Waals surface area contributed by atoms with Crippen LogP contribution < -0.4 is 0 Å². The first-order valence-corrected chi connectivity index (χ1v) is 6.26. The molecule has 1 rings (SSSR count). The van der Waals surface area contributed by atoms with Crippen molar-refractivity contribution in [1.29, 1.82) is 0 Å². The van der Waals surface area contributed by atoms with E-state index in [1.807, 2.05) is 0 Å². The van der Waals surface area contributed by atoms with Crippen LogP contribution in [0.25, 0.3) is 0 Å². The van der Waals surface area contributed by atoms with Crippen LogP contribution in [0.2, 0.25) is 0 Å². The number of hydrogen-bond donors (Lipinski definition) is 0. The van der Waals surface area contributed by atoms with Crippen LogP contribution in [0.3, 0.4) is 0 Å². The van der Waals surface area contributed by atoms with E-state index in [-0.39, 0.29) is 16.8 Å². The number of carbonyl (C=O) groups excluding carboxylic acids is 2. The van der Waals surface area contributed by atoms with Gasteiger partial charge in [-0.2, -0.15) is 0 Å². The maximum absolute atomic E-state index is 11.7. The number of rotatable bonds is 2. The molecule has 1 fully saturated rings. The van der Waals surface area contributed by atoms with Crippen LogP contribution >= 0.6 is 11.8 Å². The minimum absolute atomic E-state index is 0.00843. The third kappa shape index (κ3) is 2.05. The minimum atomic E-state index is -0.834. The number of thioether (sulfide) groups is 1. The zero-order valence-electron chi connectivity index (χ0n) is 10.4. The summed E-state index contributed by atoms with van der Waals surface area (Å²) in [6, 6.07) is 0. The van der Waals surface area contributed by atoms with Crippen LogP contribution in [-0.2, 0) is 14.3 Å². The topological polar surface area (TPSA) is 46.6 Å². The van der Waals surface area contributed by atoms with E-state index in [9.17, 15) is 9.59 Å². The molecule has 0 N–H and O–H groups in total. The maximum Gasteiger partial charge on any atom is 0.332 e. The Labute approximate surface area is 101 Å². The molecule has 1 saturated heterocycles. The molecule has 0 aromatic carbocycles. The molecule has 0 radical (unpaired) electrons. The molecule has 1 unspecified atom stereocenters. The van der Waals surface area contributed by atoms with E-state index in [0.29, 0.717) is 5.75 Å². The summed E-state index contributed by atoms with van der Waals surface area (Å²) < 4.78 is 4.78. The van der Waals surface area contributed by atoms with Crippen LogP contribution in [0.15, 0.2) is 0 Å². The summed E-state index contributed by atoms with van der Waals surface area (Å²) in [5, 5.41) is 0.00843. The summed E-state index contributed by atoms with van der Waals surface area (Å²) in [6.07, 6.45) is 0.757. The van der Waals surface area contributed by atoms with Crippen molar-refractivity contribution in [2.24, 2.45) is 5.41 Å². The lowest BCUT2D eigenvalue weighted by Crippen LogP contribution is -2.54. The Morgan fingerprint density at radius 1 is 1.56 bits per heavy atom. The van der Waals surface area contributed by atoms with E-state index in [0.717, 1.165) is 6.41 Å². The molecule has 1 heterocycles. The Balaban J connectivity index is 3.02. The Morgan fingerprint density at radius 3 is 2.50 bits per heavy atom. The highest BCUT2D eigenvalue weighted by Gasteiger charge is 2.52. The average Bonchev–Trinajstić information content (AvgIpc) is 2.54. The summed E-state index contributed by atoms with van der Waals surface area (Å²) in [7, 11) is 1.35.